The Morgan fingerprint density at radius 2 is 1.82 bits per heavy atom. The summed E-state index contributed by atoms with van der Waals surface area (Å²) >= 11 is 0. The van der Waals surface area contributed by atoms with Crippen LogP contribution in [-0.4, -0.2) is 25.4 Å². The molecule has 1 rings (SSSR count). The number of amides is 2. The molecular formula is C13H18N2O2. The maximum absolute atomic E-state index is 11.4. The summed E-state index contributed by atoms with van der Waals surface area (Å²) in [6.07, 6.45) is 2.13. The van der Waals surface area contributed by atoms with Gasteiger partial charge in [0, 0.05) is 13.5 Å². The van der Waals surface area contributed by atoms with Gasteiger partial charge in [0.25, 0.3) is 0 Å². The maximum Gasteiger partial charge on any atom is 0.239 e. The largest absolute Gasteiger partial charge is 0.358 e. The number of aryl methyl sites for hydroxylation is 1. The number of carbonyl (C=O) groups excluding carboxylic acids is 2. The average Bonchev–Trinajstić information content (AvgIpc) is 2.37. The molecule has 0 saturated heterocycles. The predicted molar refractivity (Wildman–Crippen MR) is 66.5 cm³/mol. The molecule has 0 unspecified atom stereocenters. The summed E-state index contributed by atoms with van der Waals surface area (Å²) < 4.78 is 0. The lowest BCUT2D eigenvalue weighted by molar-refractivity contribution is -0.125. The second-order valence-corrected chi connectivity index (χ2v) is 3.79. The number of carbonyl (C=O) groups is 2. The van der Waals surface area contributed by atoms with Crippen molar-refractivity contribution in [1.82, 2.24) is 10.6 Å². The summed E-state index contributed by atoms with van der Waals surface area (Å²) in [6, 6.07) is 10.0. The lowest BCUT2D eigenvalue weighted by Gasteiger charge is -2.04. The fraction of sp³-hybridized carbons (Fsp3) is 0.385. The molecule has 0 fully saturated rings. The van der Waals surface area contributed by atoms with Gasteiger partial charge in [0.2, 0.25) is 11.8 Å². The molecule has 0 aliphatic heterocycles. The third-order valence-corrected chi connectivity index (χ3v) is 2.44. The molecule has 0 heterocycles. The van der Waals surface area contributed by atoms with E-state index in [1.54, 1.807) is 7.05 Å². The first kappa shape index (κ1) is 13.2. The van der Waals surface area contributed by atoms with Gasteiger partial charge in [0.1, 0.15) is 0 Å². The fourth-order valence-corrected chi connectivity index (χ4v) is 1.45. The molecule has 2 amide bonds. The molecule has 1 aromatic carbocycles. The van der Waals surface area contributed by atoms with Gasteiger partial charge in [0.15, 0.2) is 0 Å². The SMILES string of the molecule is CNC(=O)CNC(=O)CCCc1ccccc1. The van der Waals surface area contributed by atoms with Crippen LogP contribution >= 0.6 is 0 Å². The van der Waals surface area contributed by atoms with Gasteiger partial charge in [-0.2, -0.15) is 0 Å². The van der Waals surface area contributed by atoms with Crippen molar-refractivity contribution < 1.29 is 9.59 Å². The molecule has 0 aromatic heterocycles. The van der Waals surface area contributed by atoms with E-state index in [9.17, 15) is 9.59 Å². The van der Waals surface area contributed by atoms with E-state index in [4.69, 9.17) is 0 Å². The lowest BCUT2D eigenvalue weighted by Crippen LogP contribution is -2.35. The van der Waals surface area contributed by atoms with Gasteiger partial charge in [-0.3, -0.25) is 9.59 Å². The van der Waals surface area contributed by atoms with E-state index in [2.05, 4.69) is 10.6 Å². The van der Waals surface area contributed by atoms with Gasteiger partial charge in [-0.1, -0.05) is 30.3 Å². The average molecular weight is 234 g/mol. The van der Waals surface area contributed by atoms with E-state index in [-0.39, 0.29) is 18.4 Å². The van der Waals surface area contributed by atoms with Gasteiger partial charge in [-0.25, -0.2) is 0 Å². The van der Waals surface area contributed by atoms with Gasteiger partial charge >= 0.3 is 0 Å². The van der Waals surface area contributed by atoms with Gasteiger partial charge in [-0.15, -0.1) is 0 Å². The van der Waals surface area contributed by atoms with Crippen molar-refractivity contribution in [2.75, 3.05) is 13.6 Å². The van der Waals surface area contributed by atoms with Crippen molar-refractivity contribution in [2.24, 2.45) is 0 Å². The van der Waals surface area contributed by atoms with Crippen molar-refractivity contribution in [1.29, 1.82) is 0 Å². The van der Waals surface area contributed by atoms with E-state index < -0.39 is 0 Å². The molecule has 17 heavy (non-hydrogen) atoms. The predicted octanol–water partition coefficient (Wildman–Crippen LogP) is 0.871. The highest BCUT2D eigenvalue weighted by Crippen LogP contribution is 2.04. The summed E-state index contributed by atoms with van der Waals surface area (Å²) in [5, 5.41) is 5.02. The highest BCUT2D eigenvalue weighted by molar-refractivity contribution is 5.84. The molecule has 0 radical (unpaired) electrons. The molecule has 0 aliphatic carbocycles. The number of nitrogens with one attached hydrogen (secondary N) is 2. The van der Waals surface area contributed by atoms with E-state index in [0.717, 1.165) is 12.8 Å². The number of hydrogen-bond donors (Lipinski definition) is 2. The Kier molecular flexibility index (Phi) is 5.79. The second-order valence-electron chi connectivity index (χ2n) is 3.79. The summed E-state index contributed by atoms with van der Waals surface area (Å²) in [5.41, 5.74) is 1.23. The van der Waals surface area contributed by atoms with Crippen LogP contribution in [0.25, 0.3) is 0 Å². The van der Waals surface area contributed by atoms with Crippen LogP contribution in [0.1, 0.15) is 18.4 Å². The van der Waals surface area contributed by atoms with Crippen molar-refractivity contribution in [3.05, 3.63) is 35.9 Å². The molecule has 1 aromatic rings. The normalized spacial score (nSPS) is 9.71. The Bertz CT molecular complexity index is 363. The fourth-order valence-electron chi connectivity index (χ4n) is 1.45. The molecule has 4 heteroatoms. The number of rotatable bonds is 6. The Morgan fingerprint density at radius 3 is 2.47 bits per heavy atom. The van der Waals surface area contributed by atoms with Crippen LogP contribution < -0.4 is 10.6 Å². The molecule has 0 saturated carbocycles. The van der Waals surface area contributed by atoms with Gasteiger partial charge < -0.3 is 10.6 Å². The summed E-state index contributed by atoms with van der Waals surface area (Å²) in [6.45, 7) is 0.0562. The highest BCUT2D eigenvalue weighted by atomic mass is 16.2. The van der Waals surface area contributed by atoms with Crippen LogP contribution in [0, 0.1) is 0 Å². The van der Waals surface area contributed by atoms with Crippen molar-refractivity contribution >= 4 is 11.8 Å². The monoisotopic (exact) mass is 234 g/mol. The summed E-state index contributed by atoms with van der Waals surface area (Å²) in [7, 11) is 1.55. The zero-order valence-corrected chi connectivity index (χ0v) is 10.0. The minimum atomic E-state index is -0.179. The van der Waals surface area contributed by atoms with Crippen LogP contribution in [0.4, 0.5) is 0 Å². The standard InChI is InChI=1S/C13H18N2O2/c1-14-13(17)10-15-12(16)9-5-8-11-6-3-2-4-7-11/h2-4,6-7H,5,8-10H2,1H3,(H,14,17)(H,15,16). The third-order valence-electron chi connectivity index (χ3n) is 2.44. The van der Waals surface area contributed by atoms with Crippen LogP contribution in [0.2, 0.25) is 0 Å². The molecule has 92 valence electrons. The van der Waals surface area contributed by atoms with Gasteiger partial charge in [-0.05, 0) is 18.4 Å². The minimum absolute atomic E-state index is 0.0562. The molecule has 0 atom stereocenters. The van der Waals surface area contributed by atoms with E-state index in [1.807, 2.05) is 30.3 Å². The van der Waals surface area contributed by atoms with Crippen LogP contribution in [0.5, 0.6) is 0 Å². The number of benzene rings is 1. The number of hydrogen-bond acceptors (Lipinski definition) is 2. The van der Waals surface area contributed by atoms with Crippen LogP contribution in [-0.2, 0) is 16.0 Å². The Morgan fingerprint density at radius 1 is 1.12 bits per heavy atom. The van der Waals surface area contributed by atoms with Crippen LogP contribution in [0.3, 0.4) is 0 Å². The molecule has 0 aliphatic rings. The Labute approximate surface area is 101 Å². The smallest absolute Gasteiger partial charge is 0.239 e. The highest BCUT2D eigenvalue weighted by Gasteiger charge is 2.03. The van der Waals surface area contributed by atoms with Crippen molar-refractivity contribution in [3.8, 4) is 0 Å². The summed E-state index contributed by atoms with van der Waals surface area (Å²) in [5.74, 6) is -0.258. The number of likely N-dealkylation sites (N-methyl/N-ethyl adjacent to an activating group) is 1. The van der Waals surface area contributed by atoms with Crippen molar-refractivity contribution in [3.63, 3.8) is 0 Å². The Hall–Kier alpha value is -1.84. The van der Waals surface area contributed by atoms with E-state index in [0.29, 0.717) is 6.42 Å². The van der Waals surface area contributed by atoms with E-state index in [1.165, 1.54) is 5.56 Å². The molecular weight excluding hydrogens is 216 g/mol. The minimum Gasteiger partial charge on any atom is -0.358 e. The van der Waals surface area contributed by atoms with Crippen molar-refractivity contribution in [2.45, 2.75) is 19.3 Å². The molecule has 2 N–H and O–H groups in total. The van der Waals surface area contributed by atoms with E-state index >= 15 is 0 Å². The third kappa shape index (κ3) is 5.70. The molecule has 0 spiro atoms. The first-order valence-corrected chi connectivity index (χ1v) is 5.73. The quantitative estimate of drug-likeness (QED) is 0.767. The van der Waals surface area contributed by atoms with Crippen LogP contribution in [0.15, 0.2) is 30.3 Å². The summed E-state index contributed by atoms with van der Waals surface area (Å²) in [4.78, 5) is 22.2. The molecule has 0 bridgehead atoms. The zero-order valence-electron chi connectivity index (χ0n) is 10.0. The molecule has 4 nitrogen and oxygen atoms in total. The van der Waals surface area contributed by atoms with Gasteiger partial charge in [0.05, 0.1) is 6.54 Å². The second kappa shape index (κ2) is 7.44. The zero-order chi connectivity index (χ0) is 12.5. The Balaban J connectivity index is 2.14. The lowest BCUT2D eigenvalue weighted by atomic mass is 10.1. The topological polar surface area (TPSA) is 58.2 Å². The first-order chi connectivity index (χ1) is 8.22. The maximum atomic E-state index is 11.4. The first-order valence-electron chi connectivity index (χ1n) is 5.73.